The standard InChI is InChI=1S/C16H14FN3O2/c1-9-8-13(11-4-6-12(17)7-5-11)14(16(21)22-3)15-18-10(2)19-20(9)15/h4-8H,1-3H3. The molecule has 3 rings (SSSR count). The van der Waals surface area contributed by atoms with E-state index >= 15 is 0 Å². The molecule has 2 aromatic heterocycles. The Morgan fingerprint density at radius 2 is 1.91 bits per heavy atom. The highest BCUT2D eigenvalue weighted by molar-refractivity contribution is 6.03. The lowest BCUT2D eigenvalue weighted by Gasteiger charge is -2.11. The largest absolute Gasteiger partial charge is 0.465 e. The van der Waals surface area contributed by atoms with Gasteiger partial charge in [0.2, 0.25) is 0 Å². The SMILES string of the molecule is COC(=O)c1c(-c2ccc(F)cc2)cc(C)n2nc(C)nc12. The maximum atomic E-state index is 13.1. The molecule has 0 aliphatic heterocycles. The van der Waals surface area contributed by atoms with Crippen LogP contribution in [0.1, 0.15) is 21.9 Å². The molecular weight excluding hydrogens is 285 g/mol. The lowest BCUT2D eigenvalue weighted by molar-refractivity contribution is 0.0603. The Kier molecular flexibility index (Phi) is 3.36. The first-order valence-corrected chi connectivity index (χ1v) is 6.72. The molecule has 0 radical (unpaired) electrons. The van der Waals surface area contributed by atoms with E-state index in [-0.39, 0.29) is 5.82 Å². The second kappa shape index (κ2) is 5.22. The number of esters is 1. The third-order valence-corrected chi connectivity index (χ3v) is 3.44. The predicted molar refractivity (Wildman–Crippen MR) is 79.2 cm³/mol. The van der Waals surface area contributed by atoms with Gasteiger partial charge < -0.3 is 4.74 Å². The molecule has 0 saturated carbocycles. The number of benzene rings is 1. The zero-order valence-corrected chi connectivity index (χ0v) is 12.4. The van der Waals surface area contributed by atoms with Crippen molar-refractivity contribution in [1.82, 2.24) is 14.6 Å². The van der Waals surface area contributed by atoms with Gasteiger partial charge in [0.1, 0.15) is 17.2 Å². The minimum absolute atomic E-state index is 0.320. The number of methoxy groups -OCH3 is 1. The number of aromatic nitrogens is 3. The Bertz CT molecular complexity index is 869. The fourth-order valence-electron chi connectivity index (χ4n) is 2.45. The molecule has 0 amide bonds. The molecular formula is C16H14FN3O2. The van der Waals surface area contributed by atoms with Gasteiger partial charge in [-0.2, -0.15) is 5.10 Å². The zero-order valence-electron chi connectivity index (χ0n) is 12.4. The van der Waals surface area contributed by atoms with E-state index in [1.165, 1.54) is 19.2 Å². The van der Waals surface area contributed by atoms with Gasteiger partial charge in [-0.25, -0.2) is 18.7 Å². The van der Waals surface area contributed by atoms with Gasteiger partial charge in [-0.05, 0) is 37.6 Å². The highest BCUT2D eigenvalue weighted by Gasteiger charge is 2.21. The molecule has 1 aromatic carbocycles. The van der Waals surface area contributed by atoms with Crippen molar-refractivity contribution in [2.75, 3.05) is 7.11 Å². The summed E-state index contributed by atoms with van der Waals surface area (Å²) in [6.07, 6.45) is 0. The van der Waals surface area contributed by atoms with E-state index in [2.05, 4.69) is 10.1 Å². The lowest BCUT2D eigenvalue weighted by Crippen LogP contribution is -2.09. The fraction of sp³-hybridized carbons (Fsp3) is 0.188. The highest BCUT2D eigenvalue weighted by Crippen LogP contribution is 2.28. The molecule has 22 heavy (non-hydrogen) atoms. The molecule has 3 aromatic rings. The van der Waals surface area contributed by atoms with Crippen molar-refractivity contribution < 1.29 is 13.9 Å². The van der Waals surface area contributed by atoms with E-state index in [1.807, 2.05) is 13.0 Å². The summed E-state index contributed by atoms with van der Waals surface area (Å²) in [5.74, 6) is -0.277. The quantitative estimate of drug-likeness (QED) is 0.683. The molecule has 112 valence electrons. The second-order valence-corrected chi connectivity index (χ2v) is 4.97. The monoisotopic (exact) mass is 299 g/mol. The first kappa shape index (κ1) is 14.2. The average molecular weight is 299 g/mol. The van der Waals surface area contributed by atoms with E-state index in [0.29, 0.717) is 28.2 Å². The maximum Gasteiger partial charge on any atom is 0.342 e. The number of pyridine rings is 1. The second-order valence-electron chi connectivity index (χ2n) is 4.97. The van der Waals surface area contributed by atoms with Crippen LogP contribution >= 0.6 is 0 Å². The van der Waals surface area contributed by atoms with Gasteiger partial charge >= 0.3 is 5.97 Å². The molecule has 0 N–H and O–H groups in total. The fourth-order valence-corrected chi connectivity index (χ4v) is 2.45. The molecule has 0 saturated heterocycles. The van der Waals surface area contributed by atoms with Crippen LogP contribution in [0.5, 0.6) is 0 Å². The van der Waals surface area contributed by atoms with Crippen LogP contribution in [0.3, 0.4) is 0 Å². The molecule has 0 fully saturated rings. The van der Waals surface area contributed by atoms with Gasteiger partial charge in [-0.1, -0.05) is 12.1 Å². The summed E-state index contributed by atoms with van der Waals surface area (Å²) in [6, 6.07) is 7.77. The molecule has 0 unspecified atom stereocenters. The van der Waals surface area contributed by atoms with Gasteiger partial charge in [0.25, 0.3) is 0 Å². The van der Waals surface area contributed by atoms with Crippen LogP contribution in [0.2, 0.25) is 0 Å². The van der Waals surface area contributed by atoms with Gasteiger partial charge in [-0.3, -0.25) is 0 Å². The van der Waals surface area contributed by atoms with E-state index in [0.717, 1.165) is 5.69 Å². The molecule has 0 aliphatic rings. The van der Waals surface area contributed by atoms with Gasteiger partial charge in [0, 0.05) is 11.3 Å². The van der Waals surface area contributed by atoms with Crippen molar-refractivity contribution in [2.45, 2.75) is 13.8 Å². The first-order valence-electron chi connectivity index (χ1n) is 6.72. The summed E-state index contributed by atoms with van der Waals surface area (Å²) in [7, 11) is 1.32. The number of carbonyl (C=O) groups excluding carboxylic acids is 1. The van der Waals surface area contributed by atoms with E-state index in [4.69, 9.17) is 4.74 Å². The topological polar surface area (TPSA) is 56.5 Å². The van der Waals surface area contributed by atoms with Crippen molar-refractivity contribution >= 4 is 11.6 Å². The molecule has 0 spiro atoms. The number of hydrogen-bond acceptors (Lipinski definition) is 4. The number of hydrogen-bond donors (Lipinski definition) is 0. The summed E-state index contributed by atoms with van der Waals surface area (Å²) < 4.78 is 19.6. The van der Waals surface area contributed by atoms with Crippen LogP contribution in [-0.2, 0) is 4.74 Å². The predicted octanol–water partition coefficient (Wildman–Crippen LogP) is 2.94. The number of carbonyl (C=O) groups is 1. The Hall–Kier alpha value is -2.76. The smallest absolute Gasteiger partial charge is 0.342 e. The van der Waals surface area contributed by atoms with Crippen LogP contribution in [0, 0.1) is 19.7 Å². The molecule has 0 aliphatic carbocycles. The number of rotatable bonds is 2. The number of fused-ring (bicyclic) bond motifs is 1. The van der Waals surface area contributed by atoms with Crippen molar-refractivity contribution in [1.29, 1.82) is 0 Å². The van der Waals surface area contributed by atoms with Crippen LogP contribution in [0.4, 0.5) is 4.39 Å². The molecule has 6 heteroatoms. The number of nitrogens with zero attached hydrogens (tertiary/aromatic N) is 3. The zero-order chi connectivity index (χ0) is 15.9. The Morgan fingerprint density at radius 3 is 2.55 bits per heavy atom. The summed E-state index contributed by atoms with van der Waals surface area (Å²) in [4.78, 5) is 16.6. The minimum atomic E-state index is -0.503. The number of aryl methyl sites for hydroxylation is 2. The van der Waals surface area contributed by atoms with E-state index in [9.17, 15) is 9.18 Å². The number of ether oxygens (including phenoxy) is 1. The van der Waals surface area contributed by atoms with Gasteiger partial charge in [0.15, 0.2) is 5.65 Å². The van der Waals surface area contributed by atoms with Crippen LogP contribution < -0.4 is 0 Å². The summed E-state index contributed by atoms with van der Waals surface area (Å²) >= 11 is 0. The summed E-state index contributed by atoms with van der Waals surface area (Å²) in [5, 5.41) is 4.28. The van der Waals surface area contributed by atoms with Crippen LogP contribution in [0.25, 0.3) is 16.8 Å². The van der Waals surface area contributed by atoms with Crippen molar-refractivity contribution in [3.8, 4) is 11.1 Å². The Balaban J connectivity index is 2.37. The van der Waals surface area contributed by atoms with Crippen molar-refractivity contribution in [2.24, 2.45) is 0 Å². The van der Waals surface area contributed by atoms with Gasteiger partial charge in [0.05, 0.1) is 7.11 Å². The molecule has 2 heterocycles. The summed E-state index contributed by atoms with van der Waals surface area (Å²) in [5.41, 5.74) is 2.93. The summed E-state index contributed by atoms with van der Waals surface area (Å²) in [6.45, 7) is 3.63. The molecule has 0 atom stereocenters. The van der Waals surface area contributed by atoms with E-state index in [1.54, 1.807) is 23.6 Å². The van der Waals surface area contributed by atoms with Gasteiger partial charge in [-0.15, -0.1) is 0 Å². The van der Waals surface area contributed by atoms with E-state index < -0.39 is 5.97 Å². The van der Waals surface area contributed by atoms with Crippen LogP contribution in [-0.4, -0.2) is 27.7 Å². The lowest BCUT2D eigenvalue weighted by atomic mass is 10.00. The maximum absolute atomic E-state index is 13.1. The Morgan fingerprint density at radius 1 is 1.23 bits per heavy atom. The highest BCUT2D eigenvalue weighted by atomic mass is 19.1. The third-order valence-electron chi connectivity index (χ3n) is 3.44. The van der Waals surface area contributed by atoms with Crippen molar-refractivity contribution in [3.63, 3.8) is 0 Å². The minimum Gasteiger partial charge on any atom is -0.465 e. The van der Waals surface area contributed by atoms with Crippen LogP contribution in [0.15, 0.2) is 30.3 Å². The Labute approximate surface area is 126 Å². The number of halogens is 1. The third kappa shape index (κ3) is 2.22. The molecule has 5 nitrogen and oxygen atoms in total. The molecule has 0 bridgehead atoms. The normalized spacial score (nSPS) is 10.9. The average Bonchev–Trinajstić information content (AvgIpc) is 2.89. The first-order chi connectivity index (χ1) is 10.5. The van der Waals surface area contributed by atoms with Crippen molar-refractivity contribution in [3.05, 3.63) is 53.2 Å².